The van der Waals surface area contributed by atoms with E-state index < -0.39 is 63.1 Å². The number of carbonyl (C=O) groups is 1. The second kappa shape index (κ2) is 5.19. The molecule has 0 aliphatic heterocycles. The number of halogens is 7. The molecular weight excluding hydrogens is 341 g/mol. The smallest absolute Gasteiger partial charge is 0.252 e. The van der Waals surface area contributed by atoms with E-state index >= 15 is 4.39 Å². The lowest BCUT2D eigenvalue weighted by atomic mass is 9.79. The zero-order valence-corrected chi connectivity index (χ0v) is 11.4. The molecule has 0 fully saturated rings. The highest BCUT2D eigenvalue weighted by Gasteiger charge is 2.54. The summed E-state index contributed by atoms with van der Waals surface area (Å²) < 4.78 is 97.4. The lowest BCUT2D eigenvalue weighted by molar-refractivity contribution is 0.0691. The van der Waals surface area contributed by atoms with E-state index in [0.29, 0.717) is 0 Å². The van der Waals surface area contributed by atoms with Crippen LogP contribution in [0.4, 0.5) is 30.7 Å². The topological polar surface area (TPSA) is 17.1 Å². The minimum atomic E-state index is -3.82. The number of hydrogen-bond acceptors (Lipinski definition) is 1. The third kappa shape index (κ3) is 1.85. The third-order valence-corrected chi connectivity index (χ3v) is 3.69. The molecule has 0 bridgehead atoms. The molecule has 0 radical (unpaired) electrons. The molecule has 0 aromatic heterocycles. The van der Waals surface area contributed by atoms with Crippen LogP contribution in [0, 0.1) is 23.3 Å². The molecule has 2 aromatic carbocycles. The predicted octanol–water partition coefficient (Wildman–Crippen LogP) is 4.91. The second-order valence-electron chi connectivity index (χ2n) is 4.99. The molecule has 1 atom stereocenters. The molecule has 1 nitrogen and oxygen atoms in total. The van der Waals surface area contributed by atoms with Crippen molar-refractivity contribution < 1.29 is 35.5 Å². The fraction of sp³-hybridized carbons (Fsp3) is 0.0625. The van der Waals surface area contributed by atoms with E-state index in [4.69, 9.17) is 0 Å². The van der Waals surface area contributed by atoms with Crippen molar-refractivity contribution in [3.05, 3.63) is 76.1 Å². The van der Waals surface area contributed by atoms with Crippen LogP contribution in [0.1, 0.15) is 21.5 Å². The van der Waals surface area contributed by atoms with Gasteiger partial charge in [-0.05, 0) is 0 Å². The molecule has 0 amide bonds. The summed E-state index contributed by atoms with van der Waals surface area (Å²) in [6.45, 7) is 0. The van der Waals surface area contributed by atoms with E-state index in [9.17, 15) is 31.1 Å². The first-order chi connectivity index (χ1) is 11.2. The van der Waals surface area contributed by atoms with Gasteiger partial charge in [-0.1, -0.05) is 30.3 Å². The summed E-state index contributed by atoms with van der Waals surface area (Å²) in [5, 5.41) is 0. The van der Waals surface area contributed by atoms with Crippen molar-refractivity contribution >= 4 is 11.6 Å². The number of Topliss-reactive ketones (excluding diaryl/α,β-unsaturated/α-hetero) is 1. The molecule has 2 aromatic rings. The SMILES string of the molecule is O=C1c2c(F)c(F)c(F)c(F)c2C(F)=C(F)C1(F)c1ccccc1. The van der Waals surface area contributed by atoms with Gasteiger partial charge >= 0.3 is 0 Å². The maximum atomic E-state index is 15.0. The van der Waals surface area contributed by atoms with Crippen molar-refractivity contribution in [2.45, 2.75) is 5.67 Å². The molecule has 0 spiro atoms. The maximum Gasteiger partial charge on any atom is 0.252 e. The monoisotopic (exact) mass is 346 g/mol. The Morgan fingerprint density at radius 1 is 0.708 bits per heavy atom. The molecule has 0 N–H and O–H groups in total. The zero-order valence-electron chi connectivity index (χ0n) is 11.4. The summed E-state index contributed by atoms with van der Waals surface area (Å²) in [6.07, 6.45) is 0. The molecule has 8 heteroatoms. The Bertz CT molecular complexity index is 905. The van der Waals surface area contributed by atoms with Crippen LogP contribution in [-0.4, -0.2) is 5.78 Å². The summed E-state index contributed by atoms with van der Waals surface area (Å²) in [4.78, 5) is 12.2. The van der Waals surface area contributed by atoms with Gasteiger partial charge in [0.15, 0.2) is 34.9 Å². The summed E-state index contributed by atoms with van der Waals surface area (Å²) in [7, 11) is 0. The van der Waals surface area contributed by atoms with E-state index in [0.717, 1.165) is 12.1 Å². The number of carbonyl (C=O) groups excluding carboxylic acids is 1. The van der Waals surface area contributed by atoms with Gasteiger partial charge in [-0.25, -0.2) is 30.7 Å². The molecule has 1 aliphatic carbocycles. The molecule has 1 unspecified atom stereocenters. The summed E-state index contributed by atoms with van der Waals surface area (Å²) in [5.74, 6) is -16.2. The molecule has 0 saturated carbocycles. The first kappa shape index (κ1) is 16.2. The van der Waals surface area contributed by atoms with Gasteiger partial charge in [-0.2, -0.15) is 0 Å². The van der Waals surface area contributed by atoms with Crippen LogP contribution in [0.2, 0.25) is 0 Å². The largest absolute Gasteiger partial charge is 0.289 e. The quantitative estimate of drug-likeness (QED) is 0.407. The normalized spacial score (nSPS) is 20.4. The molecule has 1 aliphatic rings. The molecule has 0 heterocycles. The fourth-order valence-electron chi connectivity index (χ4n) is 2.51. The highest BCUT2D eigenvalue weighted by atomic mass is 19.2. The van der Waals surface area contributed by atoms with Crippen LogP contribution in [0.25, 0.3) is 5.83 Å². The van der Waals surface area contributed by atoms with Crippen molar-refractivity contribution in [1.82, 2.24) is 0 Å². The van der Waals surface area contributed by atoms with Crippen LogP contribution >= 0.6 is 0 Å². The van der Waals surface area contributed by atoms with E-state index in [1.165, 1.54) is 18.2 Å². The number of alkyl halides is 1. The summed E-state index contributed by atoms with van der Waals surface area (Å²) in [5.41, 5.74) is -8.04. The summed E-state index contributed by atoms with van der Waals surface area (Å²) >= 11 is 0. The zero-order chi connectivity index (χ0) is 17.8. The van der Waals surface area contributed by atoms with Gasteiger partial charge in [-0.3, -0.25) is 4.79 Å². The van der Waals surface area contributed by atoms with Crippen LogP contribution in [0.5, 0.6) is 0 Å². The number of ketones is 1. The van der Waals surface area contributed by atoms with Gasteiger partial charge in [0.2, 0.25) is 5.78 Å². The molecule has 3 rings (SSSR count). The lowest BCUT2D eigenvalue weighted by Crippen LogP contribution is -2.37. The number of rotatable bonds is 1. The van der Waals surface area contributed by atoms with E-state index in [2.05, 4.69) is 0 Å². The Balaban J connectivity index is 2.43. The molecular formula is C16H5F7O. The van der Waals surface area contributed by atoms with Crippen molar-refractivity contribution in [2.24, 2.45) is 0 Å². The number of fused-ring (bicyclic) bond motifs is 1. The van der Waals surface area contributed by atoms with Crippen LogP contribution in [-0.2, 0) is 5.67 Å². The average Bonchev–Trinajstić information content (AvgIpc) is 2.60. The van der Waals surface area contributed by atoms with Crippen LogP contribution in [0.15, 0.2) is 36.2 Å². The average molecular weight is 346 g/mol. The maximum absolute atomic E-state index is 15.0. The van der Waals surface area contributed by atoms with Crippen molar-refractivity contribution in [3.8, 4) is 0 Å². The highest BCUT2D eigenvalue weighted by molar-refractivity contribution is 6.11. The molecule has 24 heavy (non-hydrogen) atoms. The first-order valence-electron chi connectivity index (χ1n) is 6.44. The predicted molar refractivity (Wildman–Crippen MR) is 69.0 cm³/mol. The number of benzene rings is 2. The molecule has 124 valence electrons. The van der Waals surface area contributed by atoms with E-state index in [1.807, 2.05) is 0 Å². The Kier molecular flexibility index (Phi) is 3.51. The van der Waals surface area contributed by atoms with Gasteiger partial charge in [0.05, 0.1) is 11.1 Å². The van der Waals surface area contributed by atoms with Gasteiger partial charge < -0.3 is 0 Å². The van der Waals surface area contributed by atoms with Gasteiger partial charge in [0.25, 0.3) is 5.67 Å². The van der Waals surface area contributed by atoms with Gasteiger partial charge in [0, 0.05) is 5.56 Å². The number of allylic oxidation sites excluding steroid dienone is 1. The molecule has 0 saturated heterocycles. The van der Waals surface area contributed by atoms with Crippen LogP contribution in [0.3, 0.4) is 0 Å². The van der Waals surface area contributed by atoms with Crippen molar-refractivity contribution in [3.63, 3.8) is 0 Å². The van der Waals surface area contributed by atoms with Gasteiger partial charge in [-0.15, -0.1) is 0 Å². The standard InChI is InChI=1S/C16H5F7O/c17-9-7-8(10(18)13(21)12(9)20)15(24)16(23,14(22)11(7)19)6-4-2-1-3-5-6/h1-5H. The van der Waals surface area contributed by atoms with E-state index in [1.54, 1.807) is 0 Å². The van der Waals surface area contributed by atoms with Crippen molar-refractivity contribution in [2.75, 3.05) is 0 Å². The van der Waals surface area contributed by atoms with Crippen LogP contribution < -0.4 is 0 Å². The Morgan fingerprint density at radius 3 is 1.75 bits per heavy atom. The summed E-state index contributed by atoms with van der Waals surface area (Å²) in [6, 6.07) is 5.56. The van der Waals surface area contributed by atoms with Gasteiger partial charge in [0.1, 0.15) is 0 Å². The first-order valence-corrected chi connectivity index (χ1v) is 6.44. The minimum Gasteiger partial charge on any atom is -0.289 e. The third-order valence-electron chi connectivity index (χ3n) is 3.69. The van der Waals surface area contributed by atoms with Crippen molar-refractivity contribution in [1.29, 1.82) is 0 Å². The Hall–Kier alpha value is -2.64. The Morgan fingerprint density at radius 2 is 1.21 bits per heavy atom. The van der Waals surface area contributed by atoms with E-state index in [-0.39, 0.29) is 0 Å². The lowest BCUT2D eigenvalue weighted by Gasteiger charge is -2.28. The highest BCUT2D eigenvalue weighted by Crippen LogP contribution is 2.49. The Labute approximate surface area is 130 Å². The number of hydrogen-bond donors (Lipinski definition) is 0. The fourth-order valence-corrected chi connectivity index (χ4v) is 2.51. The minimum absolute atomic E-state index is 0.710. The second-order valence-corrected chi connectivity index (χ2v) is 4.99.